The molecule has 160 valence electrons. The van der Waals surface area contributed by atoms with Crippen molar-refractivity contribution in [1.29, 1.82) is 0 Å². The molecule has 0 aliphatic heterocycles. The van der Waals surface area contributed by atoms with Crippen molar-refractivity contribution >= 4 is 27.3 Å². The van der Waals surface area contributed by atoms with E-state index in [0.717, 1.165) is 11.6 Å². The van der Waals surface area contributed by atoms with Crippen LogP contribution in [-0.4, -0.2) is 26.4 Å². The van der Waals surface area contributed by atoms with Crippen LogP contribution in [0.1, 0.15) is 15.9 Å². The topological polar surface area (TPSA) is 128 Å². The number of hydrogen-bond acceptors (Lipinski definition) is 6. The number of benzene rings is 3. The zero-order valence-electron chi connectivity index (χ0n) is 16.4. The van der Waals surface area contributed by atoms with Crippen molar-refractivity contribution in [2.75, 3.05) is 11.8 Å². The average Bonchev–Trinajstić information content (AvgIpc) is 2.78. The number of hydrogen-bond donors (Lipinski definition) is 2. The number of anilines is 1. The lowest BCUT2D eigenvalue weighted by Gasteiger charge is -2.12. The molecule has 3 rings (SSSR count). The molecule has 0 spiro atoms. The molecule has 31 heavy (non-hydrogen) atoms. The third-order valence-corrected chi connectivity index (χ3v) is 5.70. The summed E-state index contributed by atoms with van der Waals surface area (Å²) < 4.78 is 33.0. The zero-order valence-corrected chi connectivity index (χ0v) is 17.3. The van der Waals surface area contributed by atoms with Crippen LogP contribution in [0.15, 0.2) is 77.7 Å². The SMILES string of the molecule is COc1ccc([N+](=O)[O-])cc1NS(=O)(=O)c1cccc(C(=O)NCc2ccccc2)c1. The first-order chi connectivity index (χ1) is 14.8. The third-order valence-electron chi connectivity index (χ3n) is 4.34. The number of ether oxygens (including phenoxy) is 1. The molecule has 0 saturated carbocycles. The number of carbonyl (C=O) groups is 1. The Morgan fingerprint density at radius 2 is 1.77 bits per heavy atom. The van der Waals surface area contributed by atoms with Crippen molar-refractivity contribution in [3.8, 4) is 5.75 Å². The van der Waals surface area contributed by atoms with Gasteiger partial charge in [-0.25, -0.2) is 8.42 Å². The standard InChI is InChI=1S/C21H19N3O6S/c1-30-20-11-10-17(24(26)27)13-19(20)23-31(28,29)18-9-5-8-16(12-18)21(25)22-14-15-6-3-2-4-7-15/h2-13,23H,14H2,1H3,(H,22,25). The molecule has 0 unspecified atom stereocenters. The predicted octanol–water partition coefficient (Wildman–Crippen LogP) is 3.33. The molecular weight excluding hydrogens is 422 g/mol. The van der Waals surface area contributed by atoms with E-state index in [9.17, 15) is 23.3 Å². The summed E-state index contributed by atoms with van der Waals surface area (Å²) in [7, 11) is -2.83. The Hall–Kier alpha value is -3.92. The van der Waals surface area contributed by atoms with Crippen LogP contribution in [0.5, 0.6) is 5.75 Å². The molecule has 0 fully saturated rings. The zero-order chi connectivity index (χ0) is 22.4. The predicted molar refractivity (Wildman–Crippen MR) is 115 cm³/mol. The summed E-state index contributed by atoms with van der Waals surface area (Å²) in [5.41, 5.74) is 0.673. The van der Waals surface area contributed by atoms with Crippen molar-refractivity contribution in [3.05, 3.63) is 94.0 Å². The number of nitro benzene ring substituents is 1. The van der Waals surface area contributed by atoms with E-state index < -0.39 is 20.9 Å². The van der Waals surface area contributed by atoms with E-state index in [4.69, 9.17) is 4.74 Å². The molecule has 2 N–H and O–H groups in total. The normalized spacial score (nSPS) is 10.9. The highest BCUT2D eigenvalue weighted by molar-refractivity contribution is 7.92. The van der Waals surface area contributed by atoms with E-state index in [1.54, 1.807) is 0 Å². The first kappa shape index (κ1) is 21.8. The van der Waals surface area contributed by atoms with E-state index in [0.29, 0.717) is 6.54 Å². The van der Waals surface area contributed by atoms with Gasteiger partial charge in [0.1, 0.15) is 5.75 Å². The quantitative estimate of drug-likeness (QED) is 0.408. The second-order valence-electron chi connectivity index (χ2n) is 6.44. The van der Waals surface area contributed by atoms with Crippen LogP contribution < -0.4 is 14.8 Å². The third kappa shape index (κ3) is 5.37. The average molecular weight is 441 g/mol. The number of sulfonamides is 1. The van der Waals surface area contributed by atoms with Gasteiger partial charge >= 0.3 is 0 Å². The number of rotatable bonds is 8. The lowest BCUT2D eigenvalue weighted by molar-refractivity contribution is -0.384. The van der Waals surface area contributed by atoms with E-state index in [2.05, 4.69) is 10.0 Å². The molecule has 0 saturated heterocycles. The van der Waals surface area contributed by atoms with E-state index in [1.165, 1.54) is 43.5 Å². The van der Waals surface area contributed by atoms with Gasteiger partial charge in [0.25, 0.3) is 21.6 Å². The number of nitrogens with one attached hydrogen (secondary N) is 2. The minimum Gasteiger partial charge on any atom is -0.495 e. The van der Waals surface area contributed by atoms with Gasteiger partial charge in [-0.1, -0.05) is 36.4 Å². The van der Waals surface area contributed by atoms with Crippen LogP contribution >= 0.6 is 0 Å². The minimum absolute atomic E-state index is 0.0874. The summed E-state index contributed by atoms with van der Waals surface area (Å²) in [4.78, 5) is 22.7. The molecule has 0 aliphatic rings. The van der Waals surface area contributed by atoms with Crippen molar-refractivity contribution in [2.24, 2.45) is 0 Å². The van der Waals surface area contributed by atoms with Gasteiger partial charge in [-0.2, -0.15) is 0 Å². The highest BCUT2D eigenvalue weighted by atomic mass is 32.2. The van der Waals surface area contributed by atoms with Crippen molar-refractivity contribution in [3.63, 3.8) is 0 Å². The van der Waals surface area contributed by atoms with Crippen LogP contribution in [-0.2, 0) is 16.6 Å². The lowest BCUT2D eigenvalue weighted by atomic mass is 10.2. The summed E-state index contributed by atoms with van der Waals surface area (Å²) >= 11 is 0. The largest absolute Gasteiger partial charge is 0.495 e. The fraction of sp³-hybridized carbons (Fsp3) is 0.0952. The van der Waals surface area contributed by atoms with Crippen LogP contribution in [0.2, 0.25) is 0 Å². The van der Waals surface area contributed by atoms with Crippen LogP contribution in [0.25, 0.3) is 0 Å². The smallest absolute Gasteiger partial charge is 0.271 e. The number of amides is 1. The van der Waals surface area contributed by atoms with E-state index in [1.807, 2.05) is 30.3 Å². The number of carbonyl (C=O) groups excluding carboxylic acids is 1. The van der Waals surface area contributed by atoms with Crippen LogP contribution in [0, 0.1) is 10.1 Å². The first-order valence-electron chi connectivity index (χ1n) is 9.07. The van der Waals surface area contributed by atoms with Gasteiger partial charge in [0.05, 0.1) is 22.6 Å². The maximum atomic E-state index is 12.8. The maximum Gasteiger partial charge on any atom is 0.271 e. The van der Waals surface area contributed by atoms with E-state index >= 15 is 0 Å². The number of non-ortho nitro benzene ring substituents is 1. The number of methoxy groups -OCH3 is 1. The highest BCUT2D eigenvalue weighted by Gasteiger charge is 2.20. The number of nitro groups is 1. The summed E-state index contributed by atoms with van der Waals surface area (Å²) in [5.74, 6) is -0.320. The molecule has 10 heteroatoms. The monoisotopic (exact) mass is 441 g/mol. The molecule has 9 nitrogen and oxygen atoms in total. The van der Waals surface area contributed by atoms with Gasteiger partial charge in [0.2, 0.25) is 0 Å². The van der Waals surface area contributed by atoms with Crippen LogP contribution in [0.3, 0.4) is 0 Å². The highest BCUT2D eigenvalue weighted by Crippen LogP contribution is 2.31. The molecule has 0 bridgehead atoms. The first-order valence-corrected chi connectivity index (χ1v) is 10.6. The van der Waals surface area contributed by atoms with Crippen molar-refractivity contribution < 1.29 is 22.9 Å². The summed E-state index contributed by atoms with van der Waals surface area (Å²) in [5, 5.41) is 13.7. The second kappa shape index (κ2) is 9.26. The summed E-state index contributed by atoms with van der Waals surface area (Å²) in [6.45, 7) is 0.291. The molecular formula is C21H19N3O6S. The summed E-state index contributed by atoms with van der Waals surface area (Å²) in [6.07, 6.45) is 0. The molecule has 0 radical (unpaired) electrons. The molecule has 3 aromatic carbocycles. The Balaban J connectivity index is 1.82. The van der Waals surface area contributed by atoms with Gasteiger partial charge in [0.15, 0.2) is 0 Å². The van der Waals surface area contributed by atoms with Gasteiger partial charge in [0, 0.05) is 24.2 Å². The van der Waals surface area contributed by atoms with Crippen molar-refractivity contribution in [2.45, 2.75) is 11.4 Å². The van der Waals surface area contributed by atoms with Gasteiger partial charge < -0.3 is 10.1 Å². The van der Waals surface area contributed by atoms with E-state index in [-0.39, 0.29) is 27.6 Å². The Morgan fingerprint density at radius 3 is 2.45 bits per heavy atom. The van der Waals surface area contributed by atoms with Gasteiger partial charge in [-0.05, 0) is 29.8 Å². The molecule has 0 heterocycles. The molecule has 0 aliphatic carbocycles. The van der Waals surface area contributed by atoms with Crippen molar-refractivity contribution in [1.82, 2.24) is 5.32 Å². The fourth-order valence-corrected chi connectivity index (χ4v) is 3.88. The fourth-order valence-electron chi connectivity index (χ4n) is 2.78. The number of nitrogens with zero attached hydrogens (tertiary/aromatic N) is 1. The molecule has 0 aromatic heterocycles. The Morgan fingerprint density at radius 1 is 1.03 bits per heavy atom. The Kier molecular flexibility index (Phi) is 6.51. The second-order valence-corrected chi connectivity index (χ2v) is 8.13. The molecule has 1 amide bonds. The Bertz CT molecular complexity index is 1210. The maximum absolute atomic E-state index is 12.8. The minimum atomic E-state index is -4.14. The van der Waals surface area contributed by atoms with Gasteiger partial charge in [-0.15, -0.1) is 0 Å². The summed E-state index contributed by atoms with van der Waals surface area (Å²) in [6, 6.07) is 18.3. The lowest BCUT2D eigenvalue weighted by Crippen LogP contribution is -2.23. The Labute approximate surface area is 178 Å². The molecule has 3 aromatic rings. The molecule has 0 atom stereocenters. The van der Waals surface area contributed by atoms with Crippen LogP contribution in [0.4, 0.5) is 11.4 Å². The van der Waals surface area contributed by atoms with Gasteiger partial charge in [-0.3, -0.25) is 19.6 Å².